The summed E-state index contributed by atoms with van der Waals surface area (Å²) >= 11 is 0. The molecule has 152 valence electrons. The monoisotopic (exact) mass is 400 g/mol. The van der Waals surface area contributed by atoms with Crippen LogP contribution in [0.15, 0.2) is 29.2 Å². The van der Waals surface area contributed by atoms with E-state index in [1.807, 2.05) is 0 Å². The van der Waals surface area contributed by atoms with Gasteiger partial charge in [0.25, 0.3) is 0 Å². The van der Waals surface area contributed by atoms with E-state index >= 15 is 0 Å². The smallest absolute Gasteiger partial charge is 0.351 e. The Hall–Kier alpha value is -3.13. The lowest BCUT2D eigenvalue weighted by Gasteiger charge is -2.24. The van der Waals surface area contributed by atoms with Crippen LogP contribution in [0.2, 0.25) is 0 Å². The summed E-state index contributed by atoms with van der Waals surface area (Å²) < 4.78 is 18.4. The van der Waals surface area contributed by atoms with Crippen LogP contribution in [0, 0.1) is 6.57 Å². The summed E-state index contributed by atoms with van der Waals surface area (Å²) in [6, 6.07) is 5.30. The number of ether oxygens (including phenoxy) is 3. The van der Waals surface area contributed by atoms with Gasteiger partial charge < -0.3 is 34.6 Å². The summed E-state index contributed by atoms with van der Waals surface area (Å²) in [6.45, 7) is 7.25. The van der Waals surface area contributed by atoms with Gasteiger partial charge in [0.1, 0.15) is 23.8 Å². The van der Waals surface area contributed by atoms with Gasteiger partial charge in [0.05, 0.1) is 31.9 Å². The molecule has 2 aliphatic heterocycles. The standard InChI is InChI=1S/C19H20N4O6/c1-20-6-3-7-27-12-4-2-5-13-17(12)21-18-14(28-13)9-23(19(26)22-18)16-8-11(25)15(10-24)29-16/h2,4-5,9,11,15-16,24-25H,3,6-8,10H2,(H,21,22,26)/t11?,15-,16-/m1/s1. The van der Waals surface area contributed by atoms with Crippen LogP contribution in [0.4, 0.5) is 11.5 Å². The van der Waals surface area contributed by atoms with E-state index in [9.17, 15) is 15.0 Å². The van der Waals surface area contributed by atoms with Crippen molar-refractivity contribution in [3.8, 4) is 17.2 Å². The molecule has 1 unspecified atom stereocenters. The van der Waals surface area contributed by atoms with E-state index in [0.717, 1.165) is 0 Å². The molecule has 2 aromatic rings. The Bertz CT molecular complexity index is 1000. The molecule has 0 radical (unpaired) electrons. The highest BCUT2D eigenvalue weighted by Gasteiger charge is 2.36. The third kappa shape index (κ3) is 3.75. The van der Waals surface area contributed by atoms with Crippen molar-refractivity contribution in [1.82, 2.24) is 9.55 Å². The van der Waals surface area contributed by atoms with Gasteiger partial charge in [-0.2, -0.15) is 4.98 Å². The maximum atomic E-state index is 12.5. The molecule has 1 saturated heterocycles. The van der Waals surface area contributed by atoms with Crippen LogP contribution in [-0.4, -0.2) is 51.7 Å². The van der Waals surface area contributed by atoms with Gasteiger partial charge in [-0.15, -0.1) is 0 Å². The number of para-hydroxylation sites is 1. The number of aliphatic hydroxyl groups excluding tert-OH is 2. The summed E-state index contributed by atoms with van der Waals surface area (Å²) in [4.78, 5) is 19.8. The summed E-state index contributed by atoms with van der Waals surface area (Å²) in [6.07, 6.45) is -0.107. The highest BCUT2D eigenvalue weighted by molar-refractivity contribution is 5.77. The van der Waals surface area contributed by atoms with Crippen LogP contribution in [0.3, 0.4) is 0 Å². The fourth-order valence-electron chi connectivity index (χ4n) is 3.27. The topological polar surface area (TPSA) is 119 Å². The first-order valence-corrected chi connectivity index (χ1v) is 9.22. The van der Waals surface area contributed by atoms with E-state index in [4.69, 9.17) is 20.8 Å². The van der Waals surface area contributed by atoms with Crippen molar-refractivity contribution < 1.29 is 24.4 Å². The molecule has 0 spiro atoms. The minimum Gasteiger partial charge on any atom is -0.491 e. The van der Waals surface area contributed by atoms with Crippen molar-refractivity contribution in [1.29, 1.82) is 0 Å². The number of benzene rings is 1. The quantitative estimate of drug-likeness (QED) is 0.420. The molecular weight excluding hydrogens is 380 g/mol. The van der Waals surface area contributed by atoms with Gasteiger partial charge >= 0.3 is 5.69 Å². The number of hydrogen-bond acceptors (Lipinski definition) is 8. The average molecular weight is 400 g/mol. The molecule has 2 aliphatic rings. The third-order valence-corrected chi connectivity index (χ3v) is 4.74. The average Bonchev–Trinajstić information content (AvgIpc) is 3.10. The zero-order chi connectivity index (χ0) is 20.4. The van der Waals surface area contributed by atoms with Crippen molar-refractivity contribution in [3.63, 3.8) is 0 Å². The van der Waals surface area contributed by atoms with Gasteiger partial charge in [0.15, 0.2) is 17.3 Å². The molecule has 0 saturated carbocycles. The molecule has 3 heterocycles. The first kappa shape index (κ1) is 19.2. The van der Waals surface area contributed by atoms with Crippen molar-refractivity contribution in [3.05, 3.63) is 46.3 Å². The normalized spacial score (nSPS) is 22.0. The fourth-order valence-corrected chi connectivity index (χ4v) is 3.27. The first-order chi connectivity index (χ1) is 14.1. The van der Waals surface area contributed by atoms with Crippen molar-refractivity contribution in [2.24, 2.45) is 0 Å². The lowest BCUT2D eigenvalue weighted by molar-refractivity contribution is -0.0459. The molecule has 10 heteroatoms. The summed E-state index contributed by atoms with van der Waals surface area (Å²) in [5.74, 6) is 1.62. The maximum absolute atomic E-state index is 12.5. The Balaban J connectivity index is 1.57. The highest BCUT2D eigenvalue weighted by atomic mass is 16.5. The number of rotatable bonds is 6. The number of anilines is 2. The highest BCUT2D eigenvalue weighted by Crippen LogP contribution is 2.45. The predicted molar refractivity (Wildman–Crippen MR) is 101 cm³/mol. The number of aromatic nitrogens is 2. The lowest BCUT2D eigenvalue weighted by atomic mass is 10.2. The van der Waals surface area contributed by atoms with Crippen molar-refractivity contribution >= 4 is 11.5 Å². The number of nitrogens with zero attached hydrogens (tertiary/aromatic N) is 3. The fraction of sp³-hybridized carbons (Fsp3) is 0.421. The lowest BCUT2D eigenvalue weighted by Crippen LogP contribution is -2.29. The van der Waals surface area contributed by atoms with Gasteiger partial charge in [-0.1, -0.05) is 6.07 Å². The zero-order valence-electron chi connectivity index (χ0n) is 15.4. The van der Waals surface area contributed by atoms with E-state index in [1.165, 1.54) is 10.8 Å². The molecule has 29 heavy (non-hydrogen) atoms. The van der Waals surface area contributed by atoms with Crippen LogP contribution in [0.1, 0.15) is 19.1 Å². The van der Waals surface area contributed by atoms with Crippen molar-refractivity contribution in [2.45, 2.75) is 31.3 Å². The van der Waals surface area contributed by atoms with Crippen molar-refractivity contribution in [2.75, 3.05) is 25.1 Å². The second kappa shape index (κ2) is 8.08. The van der Waals surface area contributed by atoms with E-state index < -0.39 is 24.1 Å². The van der Waals surface area contributed by atoms with Gasteiger partial charge in [0, 0.05) is 6.42 Å². The van der Waals surface area contributed by atoms with E-state index in [2.05, 4.69) is 15.1 Å². The van der Waals surface area contributed by atoms with E-state index in [0.29, 0.717) is 42.5 Å². The van der Waals surface area contributed by atoms with Crippen LogP contribution >= 0.6 is 0 Å². The Morgan fingerprint density at radius 2 is 2.28 bits per heavy atom. The molecule has 3 atom stereocenters. The molecule has 1 aromatic carbocycles. The zero-order valence-corrected chi connectivity index (χ0v) is 15.4. The van der Waals surface area contributed by atoms with Gasteiger partial charge in [0.2, 0.25) is 6.54 Å². The molecule has 3 N–H and O–H groups in total. The number of aliphatic hydroxyl groups is 2. The van der Waals surface area contributed by atoms with Crippen LogP contribution < -0.4 is 20.5 Å². The molecule has 10 nitrogen and oxygen atoms in total. The Kier molecular flexibility index (Phi) is 5.35. The predicted octanol–water partition coefficient (Wildman–Crippen LogP) is 1.42. The second-order valence-corrected chi connectivity index (χ2v) is 6.70. The second-order valence-electron chi connectivity index (χ2n) is 6.70. The molecule has 0 bridgehead atoms. The van der Waals surface area contributed by atoms with E-state index in [1.54, 1.807) is 18.2 Å². The Morgan fingerprint density at radius 1 is 1.41 bits per heavy atom. The SMILES string of the molecule is [C-]#[N+]CCCOc1cccc2c1Nc1nc(=O)n([C@H]3CC(O)[C@@H](CO)O3)cc1O2. The van der Waals surface area contributed by atoms with Crippen LogP contribution in [-0.2, 0) is 4.74 Å². The maximum Gasteiger partial charge on any atom is 0.351 e. The van der Waals surface area contributed by atoms with Gasteiger partial charge in [-0.25, -0.2) is 11.4 Å². The largest absolute Gasteiger partial charge is 0.491 e. The summed E-state index contributed by atoms with van der Waals surface area (Å²) in [5.41, 5.74) is -0.0186. The van der Waals surface area contributed by atoms with E-state index in [-0.39, 0.29) is 18.8 Å². The van der Waals surface area contributed by atoms with Crippen LogP contribution in [0.5, 0.6) is 17.2 Å². The Morgan fingerprint density at radius 3 is 3.03 bits per heavy atom. The van der Waals surface area contributed by atoms with Gasteiger partial charge in [-0.05, 0) is 12.1 Å². The number of hydrogen-bond donors (Lipinski definition) is 3. The first-order valence-electron chi connectivity index (χ1n) is 9.22. The Labute approximate surface area is 166 Å². The molecule has 0 amide bonds. The number of fused-ring (bicyclic) bond motifs is 2. The molecule has 1 fully saturated rings. The molecular formula is C19H20N4O6. The summed E-state index contributed by atoms with van der Waals surface area (Å²) in [7, 11) is 0. The third-order valence-electron chi connectivity index (χ3n) is 4.74. The summed E-state index contributed by atoms with van der Waals surface area (Å²) in [5, 5.41) is 22.2. The molecule has 1 aromatic heterocycles. The minimum atomic E-state index is -0.865. The molecule has 0 aliphatic carbocycles. The van der Waals surface area contributed by atoms with Gasteiger partial charge in [-0.3, -0.25) is 4.57 Å². The van der Waals surface area contributed by atoms with Crippen LogP contribution in [0.25, 0.3) is 4.85 Å². The number of nitrogens with one attached hydrogen (secondary N) is 1. The minimum absolute atomic E-state index is 0.165. The molecule has 4 rings (SSSR count).